The van der Waals surface area contributed by atoms with E-state index in [-0.39, 0.29) is 12.5 Å². The first-order valence-corrected chi connectivity index (χ1v) is 13.8. The van der Waals surface area contributed by atoms with E-state index < -0.39 is 0 Å². The number of nitrogens with one attached hydrogen (secondary N) is 1. The van der Waals surface area contributed by atoms with Gasteiger partial charge in [-0.05, 0) is 73.8 Å². The van der Waals surface area contributed by atoms with Gasteiger partial charge in [-0.2, -0.15) is 5.10 Å². The van der Waals surface area contributed by atoms with Crippen molar-refractivity contribution in [3.63, 3.8) is 0 Å². The van der Waals surface area contributed by atoms with E-state index in [4.69, 9.17) is 0 Å². The molecule has 0 spiro atoms. The van der Waals surface area contributed by atoms with Crippen molar-refractivity contribution in [2.75, 3.05) is 19.8 Å². The van der Waals surface area contributed by atoms with Crippen LogP contribution < -0.4 is 5.32 Å². The number of aromatic nitrogens is 3. The van der Waals surface area contributed by atoms with Gasteiger partial charge in [0.05, 0.1) is 35.3 Å². The molecule has 4 nitrogen and oxygen atoms in total. The highest BCUT2D eigenvalue weighted by atomic mass is 19.1. The zero-order chi connectivity index (χ0) is 27.5. The molecule has 6 rings (SSSR count). The van der Waals surface area contributed by atoms with Crippen LogP contribution in [0.25, 0.3) is 38.8 Å². The van der Waals surface area contributed by atoms with Crippen molar-refractivity contribution in [2.24, 2.45) is 0 Å². The highest BCUT2D eigenvalue weighted by Gasteiger charge is 2.23. The predicted molar refractivity (Wildman–Crippen MR) is 159 cm³/mol. The SMILES string of the molecule is Cc1ccccc1-c1c(F)c2c3cnn(-c4ccccc4)c3ccc2n1Cc1ccc(CCNCCCF)cc1. The van der Waals surface area contributed by atoms with Crippen LogP contribution in [0.1, 0.15) is 23.1 Å². The van der Waals surface area contributed by atoms with Crippen molar-refractivity contribution in [2.45, 2.75) is 26.3 Å². The summed E-state index contributed by atoms with van der Waals surface area (Å²) in [5.74, 6) is -0.224. The molecule has 4 aromatic carbocycles. The van der Waals surface area contributed by atoms with Gasteiger partial charge in [0.2, 0.25) is 0 Å². The van der Waals surface area contributed by atoms with Crippen molar-refractivity contribution in [1.29, 1.82) is 0 Å². The quantitative estimate of drug-likeness (QED) is 0.183. The van der Waals surface area contributed by atoms with Gasteiger partial charge in [0.1, 0.15) is 0 Å². The van der Waals surface area contributed by atoms with E-state index in [1.807, 2.05) is 78.3 Å². The standard InChI is InChI=1S/C34H32F2N4/c1-24-8-5-6-11-28(24)34-33(36)32-29-22-38-40(27-9-3-2-4-10-27)30(29)16-17-31(32)39(34)23-26-14-12-25(13-15-26)18-21-37-20-7-19-35/h2-6,8-17,22,37H,7,18-21,23H2,1H3. The minimum atomic E-state index is -0.290. The molecule has 0 amide bonds. The number of nitrogens with zero attached hydrogens (tertiary/aromatic N) is 3. The van der Waals surface area contributed by atoms with Crippen molar-refractivity contribution < 1.29 is 8.78 Å². The number of rotatable bonds is 10. The van der Waals surface area contributed by atoms with Crippen LogP contribution >= 0.6 is 0 Å². The molecule has 1 N–H and O–H groups in total. The molecule has 0 saturated carbocycles. The number of aryl methyl sites for hydroxylation is 1. The summed E-state index contributed by atoms with van der Waals surface area (Å²) in [5, 5.41) is 9.30. The van der Waals surface area contributed by atoms with Crippen molar-refractivity contribution in [3.05, 3.63) is 120 Å². The van der Waals surface area contributed by atoms with E-state index in [9.17, 15) is 4.39 Å². The fraction of sp³-hybridized carbons (Fsp3) is 0.206. The highest BCUT2D eigenvalue weighted by molar-refractivity contribution is 6.08. The van der Waals surface area contributed by atoms with Crippen molar-refractivity contribution >= 4 is 21.8 Å². The Morgan fingerprint density at radius 2 is 1.52 bits per heavy atom. The zero-order valence-electron chi connectivity index (χ0n) is 22.6. The van der Waals surface area contributed by atoms with Crippen LogP contribution in [0.5, 0.6) is 0 Å². The van der Waals surface area contributed by atoms with Gasteiger partial charge in [0, 0.05) is 22.9 Å². The summed E-state index contributed by atoms with van der Waals surface area (Å²) in [5.41, 5.74) is 7.47. The highest BCUT2D eigenvalue weighted by Crippen LogP contribution is 2.38. The Morgan fingerprint density at radius 1 is 0.800 bits per heavy atom. The van der Waals surface area contributed by atoms with Crippen molar-refractivity contribution in [1.82, 2.24) is 19.7 Å². The number of para-hydroxylation sites is 1. The maximum Gasteiger partial charge on any atom is 0.157 e. The molecule has 40 heavy (non-hydrogen) atoms. The number of fused-ring (bicyclic) bond motifs is 3. The minimum absolute atomic E-state index is 0.224. The number of halogens is 2. The fourth-order valence-electron chi connectivity index (χ4n) is 5.49. The summed E-state index contributed by atoms with van der Waals surface area (Å²) < 4.78 is 32.9. The van der Waals surface area contributed by atoms with Crippen LogP contribution in [0.3, 0.4) is 0 Å². The van der Waals surface area contributed by atoms with Crippen LogP contribution in [0.4, 0.5) is 8.78 Å². The normalized spacial score (nSPS) is 11.6. The van der Waals surface area contributed by atoms with Crippen LogP contribution in [0.2, 0.25) is 0 Å². The lowest BCUT2D eigenvalue weighted by Gasteiger charge is -2.14. The largest absolute Gasteiger partial charge is 0.333 e. The number of hydrogen-bond donors (Lipinski definition) is 1. The second kappa shape index (κ2) is 11.4. The molecule has 0 bridgehead atoms. The summed E-state index contributed by atoms with van der Waals surface area (Å²) in [7, 11) is 0. The molecule has 2 heterocycles. The third kappa shape index (κ3) is 4.91. The van der Waals surface area contributed by atoms with E-state index >= 15 is 4.39 Å². The summed E-state index contributed by atoms with van der Waals surface area (Å²) in [4.78, 5) is 0. The molecule has 0 radical (unpaired) electrons. The first-order valence-electron chi connectivity index (χ1n) is 13.8. The molecule has 0 saturated heterocycles. The third-order valence-electron chi connectivity index (χ3n) is 7.56. The maximum atomic E-state index is 16.6. The van der Waals surface area contributed by atoms with Gasteiger partial charge in [-0.15, -0.1) is 0 Å². The molecule has 0 unspecified atom stereocenters. The molecule has 0 atom stereocenters. The molecular weight excluding hydrogens is 502 g/mol. The number of benzene rings is 4. The van der Waals surface area contributed by atoms with Gasteiger partial charge in [0.25, 0.3) is 0 Å². The van der Waals surface area contributed by atoms with E-state index in [0.29, 0.717) is 30.6 Å². The molecule has 6 aromatic rings. The minimum Gasteiger partial charge on any atom is -0.333 e. The predicted octanol–water partition coefficient (Wildman–Crippen LogP) is 7.63. The summed E-state index contributed by atoms with van der Waals surface area (Å²) >= 11 is 0. The zero-order valence-corrected chi connectivity index (χ0v) is 22.6. The summed E-state index contributed by atoms with van der Waals surface area (Å²) in [6, 6.07) is 30.4. The Kier molecular flexibility index (Phi) is 7.43. The Bertz CT molecular complexity index is 1750. The first-order chi connectivity index (χ1) is 19.7. The Labute approximate surface area is 232 Å². The molecule has 2 aromatic heterocycles. The lowest BCUT2D eigenvalue weighted by Crippen LogP contribution is -2.18. The van der Waals surface area contributed by atoms with E-state index in [0.717, 1.165) is 51.8 Å². The van der Waals surface area contributed by atoms with Gasteiger partial charge in [-0.1, -0.05) is 66.7 Å². The lowest BCUT2D eigenvalue weighted by atomic mass is 10.0. The smallest absolute Gasteiger partial charge is 0.157 e. The molecule has 202 valence electrons. The summed E-state index contributed by atoms with van der Waals surface area (Å²) in [6.07, 6.45) is 3.20. The lowest BCUT2D eigenvalue weighted by molar-refractivity contribution is 0.460. The molecule has 0 aliphatic carbocycles. The number of alkyl halides is 1. The maximum absolute atomic E-state index is 16.6. The van der Waals surface area contributed by atoms with Gasteiger partial charge >= 0.3 is 0 Å². The molecule has 0 aliphatic rings. The van der Waals surface area contributed by atoms with E-state index in [2.05, 4.69) is 39.2 Å². The van der Waals surface area contributed by atoms with E-state index in [1.165, 1.54) is 5.56 Å². The second-order valence-electron chi connectivity index (χ2n) is 10.2. The Balaban J connectivity index is 1.42. The van der Waals surface area contributed by atoms with E-state index in [1.54, 1.807) is 6.20 Å². The Hall–Kier alpha value is -4.29. The molecule has 0 aliphatic heterocycles. The van der Waals surface area contributed by atoms with Crippen LogP contribution in [0, 0.1) is 12.7 Å². The van der Waals surface area contributed by atoms with Gasteiger partial charge < -0.3 is 9.88 Å². The van der Waals surface area contributed by atoms with Gasteiger partial charge in [-0.25, -0.2) is 9.07 Å². The second-order valence-corrected chi connectivity index (χ2v) is 10.2. The number of hydrogen-bond acceptors (Lipinski definition) is 2. The van der Waals surface area contributed by atoms with Gasteiger partial charge in [0.15, 0.2) is 5.82 Å². The molecule has 6 heteroatoms. The topological polar surface area (TPSA) is 34.8 Å². The summed E-state index contributed by atoms with van der Waals surface area (Å²) in [6.45, 7) is 3.78. The first kappa shape index (κ1) is 26.0. The third-order valence-corrected chi connectivity index (χ3v) is 7.56. The molecule has 0 fully saturated rings. The van der Waals surface area contributed by atoms with Crippen LogP contribution in [0.15, 0.2) is 97.2 Å². The monoisotopic (exact) mass is 534 g/mol. The van der Waals surface area contributed by atoms with Gasteiger partial charge in [-0.3, -0.25) is 4.39 Å². The Morgan fingerprint density at radius 3 is 2.30 bits per heavy atom. The molecular formula is C34H32F2N4. The van der Waals surface area contributed by atoms with Crippen LogP contribution in [-0.2, 0) is 13.0 Å². The average molecular weight is 535 g/mol. The van der Waals surface area contributed by atoms with Crippen LogP contribution in [-0.4, -0.2) is 34.1 Å². The average Bonchev–Trinajstić information content (AvgIpc) is 3.53. The van der Waals surface area contributed by atoms with Crippen molar-refractivity contribution in [3.8, 4) is 16.9 Å². The fourth-order valence-corrected chi connectivity index (χ4v) is 5.49.